The van der Waals surface area contributed by atoms with Crippen molar-refractivity contribution in [2.24, 2.45) is 7.05 Å². The maximum absolute atomic E-state index is 12.9. The molecule has 1 atom stereocenters. The van der Waals surface area contributed by atoms with Crippen LogP contribution >= 0.6 is 0 Å². The molecule has 0 aliphatic carbocycles. The summed E-state index contributed by atoms with van der Waals surface area (Å²) in [5, 5.41) is 8.39. The smallest absolute Gasteiger partial charge is 0.257 e. The number of hydrogen-bond acceptors (Lipinski definition) is 4. The Bertz CT molecular complexity index is 896. The van der Waals surface area contributed by atoms with Gasteiger partial charge in [0.2, 0.25) is 0 Å². The first kappa shape index (κ1) is 14.9. The highest BCUT2D eigenvalue weighted by Crippen LogP contribution is 2.31. The zero-order valence-electron chi connectivity index (χ0n) is 13.9. The van der Waals surface area contributed by atoms with Crippen LogP contribution in [0.4, 0.5) is 0 Å². The van der Waals surface area contributed by atoms with Crippen LogP contribution in [0.2, 0.25) is 0 Å². The van der Waals surface area contributed by atoms with Crippen LogP contribution in [0.25, 0.3) is 5.65 Å². The molecule has 124 valence electrons. The molecule has 1 saturated heterocycles. The predicted molar refractivity (Wildman–Crippen MR) is 88.6 cm³/mol. The average Bonchev–Trinajstić information content (AvgIpc) is 3.23. The number of rotatable bonds is 2. The van der Waals surface area contributed by atoms with E-state index in [0.717, 1.165) is 42.8 Å². The van der Waals surface area contributed by atoms with Crippen LogP contribution < -0.4 is 0 Å². The number of likely N-dealkylation sites (tertiary alicyclic amines) is 1. The van der Waals surface area contributed by atoms with Crippen LogP contribution in [-0.2, 0) is 7.05 Å². The predicted octanol–water partition coefficient (Wildman–Crippen LogP) is 2.14. The van der Waals surface area contributed by atoms with E-state index in [-0.39, 0.29) is 11.9 Å². The van der Waals surface area contributed by atoms with Gasteiger partial charge in [-0.2, -0.15) is 10.2 Å². The van der Waals surface area contributed by atoms with E-state index in [4.69, 9.17) is 4.98 Å². The van der Waals surface area contributed by atoms with E-state index in [1.807, 2.05) is 35.5 Å². The van der Waals surface area contributed by atoms with Gasteiger partial charge in [0.15, 0.2) is 5.65 Å². The fourth-order valence-corrected chi connectivity index (χ4v) is 3.44. The summed E-state index contributed by atoms with van der Waals surface area (Å²) in [7, 11) is 1.82. The molecule has 1 aliphatic rings. The summed E-state index contributed by atoms with van der Waals surface area (Å²) >= 11 is 0. The minimum Gasteiger partial charge on any atom is -0.330 e. The Labute approximate surface area is 139 Å². The molecule has 3 aromatic heterocycles. The lowest BCUT2D eigenvalue weighted by Gasteiger charge is -2.35. The van der Waals surface area contributed by atoms with E-state index in [2.05, 4.69) is 10.2 Å². The highest BCUT2D eigenvalue weighted by atomic mass is 16.2. The summed E-state index contributed by atoms with van der Waals surface area (Å²) in [5.41, 5.74) is 3.42. The standard InChI is InChI=1S/C17H20N6O/c1-12-9-14(20-16-6-7-18-23(12)16)15-5-3-4-8-22(15)17(24)13-10-19-21(2)11-13/h6-7,9-11,15H,3-5,8H2,1-2H3. The van der Waals surface area contributed by atoms with Crippen LogP contribution in [-0.4, -0.2) is 41.7 Å². The van der Waals surface area contributed by atoms with Crippen molar-refractivity contribution in [3.8, 4) is 0 Å². The second-order valence-electron chi connectivity index (χ2n) is 6.34. The third-order valence-electron chi connectivity index (χ3n) is 4.61. The fourth-order valence-electron chi connectivity index (χ4n) is 3.44. The quantitative estimate of drug-likeness (QED) is 0.724. The molecule has 0 radical (unpaired) electrons. The number of amides is 1. The van der Waals surface area contributed by atoms with E-state index in [1.54, 1.807) is 23.3 Å². The van der Waals surface area contributed by atoms with Gasteiger partial charge in [0, 0.05) is 31.5 Å². The molecular formula is C17H20N6O. The zero-order chi connectivity index (χ0) is 16.7. The maximum Gasteiger partial charge on any atom is 0.257 e. The number of hydrogen-bond donors (Lipinski definition) is 0. The lowest BCUT2D eigenvalue weighted by Crippen LogP contribution is -2.38. The SMILES string of the molecule is Cc1cc(C2CCCCN2C(=O)c2cnn(C)c2)nc2ccnn12. The Morgan fingerprint density at radius 3 is 2.96 bits per heavy atom. The van der Waals surface area contributed by atoms with Gasteiger partial charge in [-0.15, -0.1) is 0 Å². The van der Waals surface area contributed by atoms with Crippen molar-refractivity contribution in [1.29, 1.82) is 0 Å². The summed E-state index contributed by atoms with van der Waals surface area (Å²) in [4.78, 5) is 19.6. The van der Waals surface area contributed by atoms with E-state index in [9.17, 15) is 4.79 Å². The Kier molecular flexibility index (Phi) is 3.55. The minimum absolute atomic E-state index is 0.00468. The molecule has 7 heteroatoms. The van der Waals surface area contributed by atoms with Crippen molar-refractivity contribution in [2.75, 3.05) is 6.54 Å². The zero-order valence-corrected chi connectivity index (χ0v) is 13.9. The number of nitrogens with zero attached hydrogens (tertiary/aromatic N) is 6. The largest absolute Gasteiger partial charge is 0.330 e. The number of carbonyl (C=O) groups excluding carboxylic acids is 1. The molecule has 0 spiro atoms. The number of aromatic nitrogens is 5. The first-order chi connectivity index (χ1) is 11.6. The molecule has 1 unspecified atom stereocenters. The summed E-state index contributed by atoms with van der Waals surface area (Å²) in [6, 6.07) is 3.94. The summed E-state index contributed by atoms with van der Waals surface area (Å²) in [6.45, 7) is 2.77. The van der Waals surface area contributed by atoms with Gasteiger partial charge in [-0.25, -0.2) is 9.50 Å². The highest BCUT2D eigenvalue weighted by molar-refractivity contribution is 5.94. The molecule has 1 fully saturated rings. The van der Waals surface area contributed by atoms with Crippen LogP contribution in [0.3, 0.4) is 0 Å². The van der Waals surface area contributed by atoms with Crippen molar-refractivity contribution < 1.29 is 4.79 Å². The van der Waals surface area contributed by atoms with Gasteiger partial charge in [0.05, 0.1) is 29.7 Å². The third-order valence-corrected chi connectivity index (χ3v) is 4.61. The van der Waals surface area contributed by atoms with E-state index >= 15 is 0 Å². The first-order valence-electron chi connectivity index (χ1n) is 8.24. The normalized spacial score (nSPS) is 18.2. The second kappa shape index (κ2) is 5.74. The van der Waals surface area contributed by atoms with Crippen LogP contribution in [0.1, 0.15) is 47.1 Å². The van der Waals surface area contributed by atoms with Crippen LogP contribution in [0.5, 0.6) is 0 Å². The number of fused-ring (bicyclic) bond motifs is 1. The molecule has 3 aromatic rings. The summed E-state index contributed by atoms with van der Waals surface area (Å²) in [5.74, 6) is 0.0284. The Morgan fingerprint density at radius 1 is 1.29 bits per heavy atom. The highest BCUT2D eigenvalue weighted by Gasteiger charge is 2.30. The van der Waals surface area contributed by atoms with Crippen molar-refractivity contribution >= 4 is 11.6 Å². The van der Waals surface area contributed by atoms with Gasteiger partial charge >= 0.3 is 0 Å². The average molecular weight is 324 g/mol. The minimum atomic E-state index is 0.00468. The van der Waals surface area contributed by atoms with E-state index in [1.165, 1.54) is 0 Å². The molecule has 0 aromatic carbocycles. The van der Waals surface area contributed by atoms with Crippen molar-refractivity contribution in [3.05, 3.63) is 47.7 Å². The molecule has 1 amide bonds. The van der Waals surface area contributed by atoms with Gasteiger partial charge in [-0.05, 0) is 32.3 Å². The Hall–Kier alpha value is -2.70. The van der Waals surface area contributed by atoms with Gasteiger partial charge in [-0.1, -0.05) is 0 Å². The van der Waals surface area contributed by atoms with Crippen LogP contribution in [0.15, 0.2) is 30.7 Å². The molecule has 1 aliphatic heterocycles. The van der Waals surface area contributed by atoms with Crippen molar-refractivity contribution in [2.45, 2.75) is 32.2 Å². The lowest BCUT2D eigenvalue weighted by molar-refractivity contribution is 0.0606. The van der Waals surface area contributed by atoms with Crippen molar-refractivity contribution in [3.63, 3.8) is 0 Å². The first-order valence-corrected chi connectivity index (χ1v) is 8.24. The van der Waals surface area contributed by atoms with Gasteiger partial charge < -0.3 is 4.90 Å². The monoisotopic (exact) mass is 324 g/mol. The molecule has 7 nitrogen and oxygen atoms in total. The molecular weight excluding hydrogens is 304 g/mol. The maximum atomic E-state index is 12.9. The molecule has 0 saturated carbocycles. The number of carbonyl (C=O) groups is 1. The second-order valence-corrected chi connectivity index (χ2v) is 6.34. The number of aryl methyl sites for hydroxylation is 2. The Balaban J connectivity index is 1.71. The molecule has 0 bridgehead atoms. The third kappa shape index (κ3) is 2.46. The van der Waals surface area contributed by atoms with E-state index in [0.29, 0.717) is 5.56 Å². The van der Waals surface area contributed by atoms with E-state index < -0.39 is 0 Å². The number of piperidine rings is 1. The fraction of sp³-hybridized carbons (Fsp3) is 0.412. The summed E-state index contributed by atoms with van der Waals surface area (Å²) in [6.07, 6.45) is 8.21. The molecule has 24 heavy (non-hydrogen) atoms. The van der Waals surface area contributed by atoms with Crippen molar-refractivity contribution in [1.82, 2.24) is 29.3 Å². The van der Waals surface area contributed by atoms with Crippen LogP contribution in [0, 0.1) is 6.92 Å². The Morgan fingerprint density at radius 2 is 2.17 bits per heavy atom. The van der Waals surface area contributed by atoms with Gasteiger partial charge in [0.25, 0.3) is 5.91 Å². The van der Waals surface area contributed by atoms with Gasteiger partial charge in [0.1, 0.15) is 0 Å². The van der Waals surface area contributed by atoms with Gasteiger partial charge in [-0.3, -0.25) is 9.48 Å². The molecule has 4 heterocycles. The lowest BCUT2D eigenvalue weighted by atomic mass is 9.98. The molecule has 4 rings (SSSR count). The molecule has 0 N–H and O–H groups in total. The topological polar surface area (TPSA) is 68.3 Å². The summed E-state index contributed by atoms with van der Waals surface area (Å²) < 4.78 is 3.48.